The smallest absolute Gasteiger partial charge is 0.436 e. The first-order valence-electron chi connectivity index (χ1n) is 11.2. The number of carbonyl (C=O) groups is 2. The van der Waals surface area contributed by atoms with Gasteiger partial charge in [-0.3, -0.25) is 4.90 Å². The SMILES string of the molecule is CS/C(=N\C(=O)OC(C)(C)C)N(Cc1cccc(OCc2cccc(Cl)c2Cl)c1)C(=O)OC(C)(C)C. The van der Waals surface area contributed by atoms with Crippen LogP contribution < -0.4 is 4.74 Å². The first-order valence-corrected chi connectivity index (χ1v) is 13.2. The van der Waals surface area contributed by atoms with E-state index in [1.54, 1.807) is 78.1 Å². The summed E-state index contributed by atoms with van der Waals surface area (Å²) in [5, 5.41) is 1.04. The maximum absolute atomic E-state index is 13.1. The zero-order valence-electron chi connectivity index (χ0n) is 21.6. The minimum atomic E-state index is -0.795. The molecular formula is C26H32Cl2N2O5S. The van der Waals surface area contributed by atoms with Crippen LogP contribution >= 0.6 is 35.0 Å². The Morgan fingerprint density at radius 3 is 2.22 bits per heavy atom. The molecule has 0 aliphatic rings. The fourth-order valence-electron chi connectivity index (χ4n) is 2.84. The van der Waals surface area contributed by atoms with Gasteiger partial charge in [0.15, 0.2) is 5.17 Å². The fourth-order valence-corrected chi connectivity index (χ4v) is 3.74. The lowest BCUT2D eigenvalue weighted by molar-refractivity contribution is 0.0363. The third-order valence-electron chi connectivity index (χ3n) is 4.27. The number of hydrogen-bond acceptors (Lipinski definition) is 6. The third-order valence-corrected chi connectivity index (χ3v) is 5.81. The predicted molar refractivity (Wildman–Crippen MR) is 146 cm³/mol. The third kappa shape index (κ3) is 9.91. The van der Waals surface area contributed by atoms with Crippen LogP contribution in [0, 0.1) is 0 Å². The summed E-state index contributed by atoms with van der Waals surface area (Å²) in [4.78, 5) is 30.8. The lowest BCUT2D eigenvalue weighted by Gasteiger charge is -2.27. The van der Waals surface area contributed by atoms with Gasteiger partial charge in [0.05, 0.1) is 16.6 Å². The van der Waals surface area contributed by atoms with Gasteiger partial charge >= 0.3 is 12.2 Å². The Morgan fingerprint density at radius 2 is 1.61 bits per heavy atom. The van der Waals surface area contributed by atoms with Gasteiger partial charge in [0, 0.05) is 5.56 Å². The Hall–Kier alpha value is -2.42. The summed E-state index contributed by atoms with van der Waals surface area (Å²) in [5.41, 5.74) is 0.0188. The molecule has 7 nitrogen and oxygen atoms in total. The quantitative estimate of drug-likeness (QED) is 0.275. The molecule has 0 heterocycles. The number of halogens is 2. The van der Waals surface area contributed by atoms with Crippen LogP contribution in [-0.4, -0.2) is 39.7 Å². The topological polar surface area (TPSA) is 77.4 Å². The van der Waals surface area contributed by atoms with E-state index in [4.69, 9.17) is 37.4 Å². The molecule has 10 heteroatoms. The molecule has 0 unspecified atom stereocenters. The number of amides is 2. The van der Waals surface area contributed by atoms with Gasteiger partial charge in [-0.25, -0.2) is 9.59 Å². The summed E-state index contributed by atoms with van der Waals surface area (Å²) >= 11 is 13.5. The van der Waals surface area contributed by atoms with Crippen molar-refractivity contribution in [3.05, 3.63) is 63.6 Å². The molecule has 2 aromatic carbocycles. The van der Waals surface area contributed by atoms with Crippen LogP contribution in [0.3, 0.4) is 0 Å². The lowest BCUT2D eigenvalue weighted by atomic mass is 10.2. The molecule has 0 aliphatic heterocycles. The van der Waals surface area contributed by atoms with E-state index < -0.39 is 23.4 Å². The van der Waals surface area contributed by atoms with Crippen LogP contribution in [0.1, 0.15) is 52.7 Å². The summed E-state index contributed by atoms with van der Waals surface area (Å²) in [6.45, 7) is 10.8. The van der Waals surface area contributed by atoms with E-state index in [1.807, 2.05) is 12.1 Å². The highest BCUT2D eigenvalue weighted by molar-refractivity contribution is 8.13. The molecule has 2 aromatic rings. The molecule has 0 saturated carbocycles. The van der Waals surface area contributed by atoms with Crippen molar-refractivity contribution >= 4 is 52.3 Å². The summed E-state index contributed by atoms with van der Waals surface area (Å²) in [7, 11) is 0. The normalized spacial score (nSPS) is 12.2. The first kappa shape index (κ1) is 29.8. The van der Waals surface area contributed by atoms with Crippen molar-refractivity contribution in [2.75, 3.05) is 6.26 Å². The highest BCUT2D eigenvalue weighted by atomic mass is 35.5. The number of amidine groups is 1. The van der Waals surface area contributed by atoms with Gasteiger partial charge in [0.1, 0.15) is 23.6 Å². The van der Waals surface area contributed by atoms with Gasteiger partial charge in [-0.1, -0.05) is 59.2 Å². The van der Waals surface area contributed by atoms with Crippen molar-refractivity contribution in [3.63, 3.8) is 0 Å². The van der Waals surface area contributed by atoms with Gasteiger partial charge < -0.3 is 14.2 Å². The molecule has 0 N–H and O–H groups in total. The molecule has 0 spiro atoms. The van der Waals surface area contributed by atoms with Crippen molar-refractivity contribution in [1.29, 1.82) is 0 Å². The average molecular weight is 556 g/mol. The molecule has 2 rings (SSSR count). The molecule has 0 aromatic heterocycles. The molecule has 0 saturated heterocycles. The van der Waals surface area contributed by atoms with Crippen molar-refractivity contribution < 1.29 is 23.8 Å². The Kier molecular flexibility index (Phi) is 10.5. The second-order valence-electron chi connectivity index (χ2n) is 9.79. The van der Waals surface area contributed by atoms with Crippen LogP contribution in [0.5, 0.6) is 5.75 Å². The Morgan fingerprint density at radius 1 is 0.972 bits per heavy atom. The number of thioether (sulfide) groups is 1. The zero-order chi connectivity index (χ0) is 27.1. The van der Waals surface area contributed by atoms with E-state index in [1.165, 1.54) is 4.90 Å². The van der Waals surface area contributed by atoms with Gasteiger partial charge in [0.25, 0.3) is 0 Å². The highest BCUT2D eigenvalue weighted by Gasteiger charge is 2.27. The first-order chi connectivity index (χ1) is 16.7. The van der Waals surface area contributed by atoms with E-state index in [2.05, 4.69) is 4.99 Å². The number of nitrogens with zero attached hydrogens (tertiary/aromatic N) is 2. The van der Waals surface area contributed by atoms with Gasteiger partial charge in [-0.05, 0) is 71.6 Å². The monoisotopic (exact) mass is 554 g/mol. The summed E-state index contributed by atoms with van der Waals surface area (Å²) in [6, 6.07) is 12.6. The van der Waals surface area contributed by atoms with E-state index in [-0.39, 0.29) is 18.3 Å². The second-order valence-corrected chi connectivity index (χ2v) is 11.4. The molecule has 36 heavy (non-hydrogen) atoms. The Labute approximate surface area is 227 Å². The van der Waals surface area contributed by atoms with Gasteiger partial charge in [0.2, 0.25) is 0 Å². The van der Waals surface area contributed by atoms with Crippen molar-refractivity contribution in [1.82, 2.24) is 4.90 Å². The molecule has 0 bridgehead atoms. The van der Waals surface area contributed by atoms with Crippen LogP contribution in [0.2, 0.25) is 10.0 Å². The molecular weight excluding hydrogens is 523 g/mol. The molecule has 0 fully saturated rings. The van der Waals surface area contributed by atoms with Crippen LogP contribution in [0.25, 0.3) is 0 Å². The number of benzene rings is 2. The molecule has 196 valence electrons. The number of hydrogen-bond donors (Lipinski definition) is 0. The van der Waals surface area contributed by atoms with E-state index in [9.17, 15) is 9.59 Å². The lowest BCUT2D eigenvalue weighted by Crippen LogP contribution is -2.39. The summed E-state index contributed by atoms with van der Waals surface area (Å²) < 4.78 is 16.8. The standard InChI is InChI=1S/C26H32Cl2N2O5S/c1-25(2,3)34-23(31)29-22(36-7)30(24(32)35-26(4,5)6)15-17-10-8-12-19(14-17)33-16-18-11-9-13-20(27)21(18)28/h8-14H,15-16H2,1-7H3/b29-22-. The minimum absolute atomic E-state index is 0.0898. The molecule has 0 aliphatic carbocycles. The van der Waals surface area contributed by atoms with Crippen molar-refractivity contribution in [2.24, 2.45) is 4.99 Å². The maximum Gasteiger partial charge on any atom is 0.436 e. The Balaban J connectivity index is 2.29. The number of rotatable bonds is 5. The van der Waals surface area contributed by atoms with Crippen molar-refractivity contribution in [2.45, 2.75) is 65.9 Å². The molecule has 0 radical (unpaired) electrons. The highest BCUT2D eigenvalue weighted by Crippen LogP contribution is 2.27. The summed E-state index contributed by atoms with van der Waals surface area (Å²) in [5.74, 6) is 0.572. The number of aliphatic imine (C=N–C) groups is 1. The maximum atomic E-state index is 13.1. The Bertz CT molecular complexity index is 1110. The fraction of sp³-hybridized carbons (Fsp3) is 0.423. The van der Waals surface area contributed by atoms with Gasteiger partial charge in [-0.15, -0.1) is 0 Å². The van der Waals surface area contributed by atoms with Crippen LogP contribution in [0.15, 0.2) is 47.5 Å². The van der Waals surface area contributed by atoms with E-state index in [0.717, 1.165) is 22.9 Å². The van der Waals surface area contributed by atoms with Crippen molar-refractivity contribution in [3.8, 4) is 5.75 Å². The van der Waals surface area contributed by atoms with Gasteiger partial charge in [-0.2, -0.15) is 4.99 Å². The second kappa shape index (κ2) is 12.7. The van der Waals surface area contributed by atoms with E-state index >= 15 is 0 Å². The van der Waals surface area contributed by atoms with Crippen LogP contribution in [-0.2, 0) is 22.6 Å². The zero-order valence-corrected chi connectivity index (χ0v) is 23.9. The number of ether oxygens (including phenoxy) is 3. The average Bonchev–Trinajstić information content (AvgIpc) is 2.75. The largest absolute Gasteiger partial charge is 0.489 e. The predicted octanol–water partition coefficient (Wildman–Crippen LogP) is 7.96. The van der Waals surface area contributed by atoms with E-state index in [0.29, 0.717) is 15.8 Å². The molecule has 2 amide bonds. The van der Waals surface area contributed by atoms with Crippen LogP contribution in [0.4, 0.5) is 9.59 Å². The molecule has 0 atom stereocenters. The number of carbonyl (C=O) groups excluding carboxylic acids is 2. The summed E-state index contributed by atoms with van der Waals surface area (Å²) in [6.07, 6.45) is 0.279. The minimum Gasteiger partial charge on any atom is -0.489 e.